The maximum atomic E-state index is 4.61. The average Bonchev–Trinajstić information content (AvgIpc) is 2.47. The van der Waals surface area contributed by atoms with Gasteiger partial charge in [-0.2, -0.15) is 0 Å². The molecule has 0 bridgehead atoms. The van der Waals surface area contributed by atoms with Crippen LogP contribution in [0.1, 0.15) is 45.3 Å². The van der Waals surface area contributed by atoms with Gasteiger partial charge in [0.25, 0.3) is 0 Å². The zero-order valence-corrected chi connectivity index (χ0v) is 10.5. The van der Waals surface area contributed by atoms with Crippen molar-refractivity contribution in [3.8, 4) is 0 Å². The molecule has 0 spiro atoms. The van der Waals surface area contributed by atoms with Gasteiger partial charge in [0.05, 0.1) is 5.69 Å². The van der Waals surface area contributed by atoms with Gasteiger partial charge < -0.3 is 5.32 Å². The highest BCUT2D eigenvalue weighted by molar-refractivity contribution is 7.09. The summed E-state index contributed by atoms with van der Waals surface area (Å²) in [6.07, 6.45) is 0. The van der Waals surface area contributed by atoms with E-state index in [1.807, 2.05) is 0 Å². The van der Waals surface area contributed by atoms with Crippen molar-refractivity contribution >= 4 is 11.3 Å². The zero-order chi connectivity index (χ0) is 10.8. The molecule has 0 aliphatic heterocycles. The van der Waals surface area contributed by atoms with Gasteiger partial charge in [-0.1, -0.05) is 34.6 Å². The lowest BCUT2D eigenvalue weighted by Crippen LogP contribution is -2.22. The summed E-state index contributed by atoms with van der Waals surface area (Å²) in [4.78, 5) is 4.61. The van der Waals surface area contributed by atoms with Gasteiger partial charge in [0.1, 0.15) is 5.01 Å². The van der Waals surface area contributed by atoms with Gasteiger partial charge in [0.2, 0.25) is 0 Å². The maximum Gasteiger partial charge on any atom is 0.107 e. The van der Waals surface area contributed by atoms with Crippen LogP contribution in [0.5, 0.6) is 0 Å². The summed E-state index contributed by atoms with van der Waals surface area (Å²) in [5.74, 6) is 0. The van der Waals surface area contributed by atoms with Crippen molar-refractivity contribution in [2.45, 2.75) is 52.6 Å². The van der Waals surface area contributed by atoms with Crippen molar-refractivity contribution in [2.24, 2.45) is 0 Å². The Labute approximate surface area is 90.8 Å². The van der Waals surface area contributed by atoms with E-state index < -0.39 is 0 Å². The van der Waals surface area contributed by atoms with Crippen LogP contribution in [0.15, 0.2) is 5.38 Å². The maximum absolute atomic E-state index is 4.61. The predicted molar refractivity (Wildman–Crippen MR) is 62.8 cm³/mol. The summed E-state index contributed by atoms with van der Waals surface area (Å²) in [6.45, 7) is 11.8. The minimum atomic E-state index is 0.173. The minimum absolute atomic E-state index is 0.173. The quantitative estimate of drug-likeness (QED) is 0.833. The Morgan fingerprint density at radius 3 is 2.50 bits per heavy atom. The standard InChI is InChI=1S/C11H20N2S/c1-8(2)12-6-10-13-9(7-14-10)11(3,4)5/h7-8,12H,6H2,1-5H3. The van der Waals surface area contributed by atoms with E-state index >= 15 is 0 Å². The SMILES string of the molecule is CC(C)NCc1nc(C(C)(C)C)cs1. The monoisotopic (exact) mass is 212 g/mol. The molecule has 1 aromatic rings. The number of nitrogens with zero attached hydrogens (tertiary/aromatic N) is 1. The van der Waals surface area contributed by atoms with E-state index in [-0.39, 0.29) is 5.41 Å². The molecule has 0 aromatic carbocycles. The van der Waals surface area contributed by atoms with Crippen LogP contribution >= 0.6 is 11.3 Å². The molecule has 80 valence electrons. The Morgan fingerprint density at radius 2 is 2.07 bits per heavy atom. The Hall–Kier alpha value is -0.410. The molecule has 1 rings (SSSR count). The predicted octanol–water partition coefficient (Wildman–Crippen LogP) is 2.94. The molecule has 0 aliphatic carbocycles. The molecular formula is C11H20N2S. The van der Waals surface area contributed by atoms with E-state index in [1.54, 1.807) is 11.3 Å². The number of hydrogen-bond donors (Lipinski definition) is 1. The van der Waals surface area contributed by atoms with Crippen LogP contribution in [0.2, 0.25) is 0 Å². The van der Waals surface area contributed by atoms with Gasteiger partial charge in [-0.05, 0) is 0 Å². The molecule has 0 radical (unpaired) electrons. The highest BCUT2D eigenvalue weighted by Gasteiger charge is 2.17. The van der Waals surface area contributed by atoms with E-state index in [1.165, 1.54) is 10.7 Å². The van der Waals surface area contributed by atoms with Crippen LogP contribution < -0.4 is 5.32 Å². The molecule has 1 N–H and O–H groups in total. The Kier molecular flexibility index (Phi) is 3.67. The first-order valence-electron chi connectivity index (χ1n) is 5.08. The average molecular weight is 212 g/mol. The summed E-state index contributed by atoms with van der Waals surface area (Å²) in [7, 11) is 0. The van der Waals surface area contributed by atoms with E-state index in [2.05, 4.69) is 50.3 Å². The van der Waals surface area contributed by atoms with Crippen LogP contribution in [0.4, 0.5) is 0 Å². The molecule has 0 saturated heterocycles. The van der Waals surface area contributed by atoms with Crippen molar-refractivity contribution in [2.75, 3.05) is 0 Å². The third-order valence-electron chi connectivity index (χ3n) is 1.98. The third kappa shape index (κ3) is 3.39. The normalized spacial score (nSPS) is 12.4. The Bertz CT molecular complexity index is 284. The molecule has 1 aromatic heterocycles. The molecule has 0 fully saturated rings. The summed E-state index contributed by atoms with van der Waals surface area (Å²) < 4.78 is 0. The molecule has 1 heterocycles. The van der Waals surface area contributed by atoms with Crippen LogP contribution in [0, 0.1) is 0 Å². The lowest BCUT2D eigenvalue weighted by molar-refractivity contribution is 0.559. The van der Waals surface area contributed by atoms with Gasteiger partial charge in [-0.25, -0.2) is 4.98 Å². The topological polar surface area (TPSA) is 24.9 Å². The highest BCUT2D eigenvalue weighted by Crippen LogP contribution is 2.23. The molecule has 0 amide bonds. The summed E-state index contributed by atoms with van der Waals surface area (Å²) >= 11 is 1.74. The first-order chi connectivity index (χ1) is 6.39. The zero-order valence-electron chi connectivity index (χ0n) is 9.72. The van der Waals surface area contributed by atoms with Gasteiger partial charge in [-0.3, -0.25) is 0 Å². The smallest absolute Gasteiger partial charge is 0.107 e. The number of hydrogen-bond acceptors (Lipinski definition) is 3. The summed E-state index contributed by atoms with van der Waals surface area (Å²) in [5.41, 5.74) is 1.37. The fourth-order valence-electron chi connectivity index (χ4n) is 1.03. The highest BCUT2D eigenvalue weighted by atomic mass is 32.1. The van der Waals surface area contributed by atoms with E-state index in [4.69, 9.17) is 0 Å². The first-order valence-corrected chi connectivity index (χ1v) is 5.96. The molecule has 0 atom stereocenters. The summed E-state index contributed by atoms with van der Waals surface area (Å²) in [6, 6.07) is 0.525. The van der Waals surface area contributed by atoms with Crippen molar-refractivity contribution in [1.82, 2.24) is 10.3 Å². The molecule has 0 saturated carbocycles. The molecule has 0 unspecified atom stereocenters. The van der Waals surface area contributed by atoms with Crippen molar-refractivity contribution in [3.05, 3.63) is 16.1 Å². The second-order valence-electron chi connectivity index (χ2n) is 4.91. The fraction of sp³-hybridized carbons (Fsp3) is 0.727. The second-order valence-corrected chi connectivity index (χ2v) is 5.85. The van der Waals surface area contributed by atoms with Gasteiger partial charge in [0.15, 0.2) is 0 Å². The van der Waals surface area contributed by atoms with E-state index in [9.17, 15) is 0 Å². The lowest BCUT2D eigenvalue weighted by Gasteiger charge is -2.14. The van der Waals surface area contributed by atoms with Crippen molar-refractivity contribution < 1.29 is 0 Å². The van der Waals surface area contributed by atoms with Crippen LogP contribution in [0.25, 0.3) is 0 Å². The molecular weight excluding hydrogens is 192 g/mol. The van der Waals surface area contributed by atoms with Crippen molar-refractivity contribution in [3.63, 3.8) is 0 Å². The van der Waals surface area contributed by atoms with E-state index in [0.717, 1.165) is 6.54 Å². The number of thiazole rings is 1. The fourth-order valence-corrected chi connectivity index (χ4v) is 2.00. The Morgan fingerprint density at radius 1 is 1.43 bits per heavy atom. The summed E-state index contributed by atoms with van der Waals surface area (Å²) in [5, 5.41) is 6.72. The van der Waals surface area contributed by atoms with Crippen LogP contribution in [0.3, 0.4) is 0 Å². The van der Waals surface area contributed by atoms with Gasteiger partial charge >= 0.3 is 0 Å². The molecule has 2 nitrogen and oxygen atoms in total. The number of nitrogens with one attached hydrogen (secondary N) is 1. The Balaban J connectivity index is 2.60. The van der Waals surface area contributed by atoms with Crippen LogP contribution in [-0.2, 0) is 12.0 Å². The lowest BCUT2D eigenvalue weighted by atomic mass is 9.93. The van der Waals surface area contributed by atoms with E-state index in [0.29, 0.717) is 6.04 Å². The third-order valence-corrected chi connectivity index (χ3v) is 2.83. The van der Waals surface area contributed by atoms with Gasteiger partial charge in [-0.15, -0.1) is 11.3 Å². The largest absolute Gasteiger partial charge is 0.308 e. The van der Waals surface area contributed by atoms with Crippen LogP contribution in [-0.4, -0.2) is 11.0 Å². The molecule has 0 aliphatic rings. The molecule has 14 heavy (non-hydrogen) atoms. The van der Waals surface area contributed by atoms with Gasteiger partial charge in [0, 0.05) is 23.4 Å². The number of aromatic nitrogens is 1. The van der Waals surface area contributed by atoms with Crippen molar-refractivity contribution in [1.29, 1.82) is 0 Å². The minimum Gasteiger partial charge on any atom is -0.308 e. The first kappa shape index (κ1) is 11.7. The second kappa shape index (κ2) is 4.41. The number of rotatable bonds is 3. The molecule has 3 heteroatoms.